The van der Waals surface area contributed by atoms with Gasteiger partial charge in [-0.05, 0) is 37.1 Å². The van der Waals surface area contributed by atoms with E-state index in [1.54, 1.807) is 38.3 Å². The Bertz CT molecular complexity index is 524. The van der Waals surface area contributed by atoms with Crippen molar-refractivity contribution in [1.29, 1.82) is 0 Å². The van der Waals surface area contributed by atoms with Crippen LogP contribution in [0.3, 0.4) is 0 Å². The Balaban J connectivity index is 2.27. The number of benzene rings is 1. The Morgan fingerprint density at radius 1 is 1.29 bits per heavy atom. The largest absolute Gasteiger partial charge is 0.497 e. The minimum absolute atomic E-state index is 0.0341. The Hall–Kier alpha value is -2.04. The first-order chi connectivity index (χ1) is 10.0. The van der Waals surface area contributed by atoms with E-state index < -0.39 is 6.04 Å². The molecule has 5 nitrogen and oxygen atoms in total. The van der Waals surface area contributed by atoms with Crippen LogP contribution in [0.2, 0.25) is 0 Å². The zero-order valence-electron chi connectivity index (χ0n) is 12.8. The molecular weight excluding hydrogens is 270 g/mol. The van der Waals surface area contributed by atoms with Gasteiger partial charge in [0.05, 0.1) is 19.6 Å². The second kappa shape index (κ2) is 6.16. The van der Waals surface area contributed by atoms with Crippen LogP contribution in [0, 0.1) is 11.8 Å². The molecule has 0 bridgehead atoms. The van der Waals surface area contributed by atoms with Crippen LogP contribution in [-0.4, -0.2) is 31.6 Å². The lowest BCUT2D eigenvalue weighted by Crippen LogP contribution is -2.66. The molecule has 1 fully saturated rings. The van der Waals surface area contributed by atoms with Crippen molar-refractivity contribution in [1.82, 2.24) is 0 Å². The van der Waals surface area contributed by atoms with Gasteiger partial charge in [0.15, 0.2) is 0 Å². The average molecular weight is 291 g/mol. The van der Waals surface area contributed by atoms with Gasteiger partial charge in [-0.25, -0.2) is 4.79 Å². The lowest BCUT2D eigenvalue weighted by Gasteiger charge is -2.47. The molecule has 0 saturated carbocycles. The highest BCUT2D eigenvalue weighted by Gasteiger charge is 2.54. The number of amides is 1. The molecule has 1 saturated heterocycles. The first-order valence-electron chi connectivity index (χ1n) is 7.15. The van der Waals surface area contributed by atoms with Gasteiger partial charge in [-0.2, -0.15) is 0 Å². The molecule has 0 radical (unpaired) electrons. The zero-order chi connectivity index (χ0) is 15.6. The Kier molecular flexibility index (Phi) is 4.50. The number of carbonyl (C=O) groups is 2. The third-order valence-electron chi connectivity index (χ3n) is 3.74. The van der Waals surface area contributed by atoms with E-state index in [4.69, 9.17) is 9.47 Å². The summed E-state index contributed by atoms with van der Waals surface area (Å²) in [7, 11) is 1.58. The summed E-state index contributed by atoms with van der Waals surface area (Å²) in [6, 6.07) is 6.56. The summed E-state index contributed by atoms with van der Waals surface area (Å²) in [5, 5.41) is 0. The van der Waals surface area contributed by atoms with Crippen LogP contribution in [0.5, 0.6) is 5.75 Å². The van der Waals surface area contributed by atoms with E-state index in [2.05, 4.69) is 0 Å². The highest BCUT2D eigenvalue weighted by Crippen LogP contribution is 2.38. The van der Waals surface area contributed by atoms with Gasteiger partial charge in [0.25, 0.3) is 0 Å². The second-order valence-corrected chi connectivity index (χ2v) is 5.37. The van der Waals surface area contributed by atoms with E-state index in [1.807, 2.05) is 13.8 Å². The van der Waals surface area contributed by atoms with Gasteiger partial charge < -0.3 is 9.47 Å². The van der Waals surface area contributed by atoms with Gasteiger partial charge in [0.2, 0.25) is 5.91 Å². The molecule has 21 heavy (non-hydrogen) atoms. The highest BCUT2D eigenvalue weighted by atomic mass is 16.5. The number of methoxy groups -OCH3 is 1. The van der Waals surface area contributed by atoms with Crippen molar-refractivity contribution in [3.8, 4) is 5.75 Å². The van der Waals surface area contributed by atoms with Crippen LogP contribution >= 0.6 is 0 Å². The molecule has 1 aromatic rings. The van der Waals surface area contributed by atoms with E-state index in [-0.39, 0.29) is 23.7 Å². The molecule has 0 aliphatic carbocycles. The molecule has 1 aliphatic heterocycles. The SMILES string of the molecule is CCOC(=O)C1C(C(C)C)C(=O)N1c1ccc(OC)cc1. The predicted octanol–water partition coefficient (Wildman–Crippen LogP) is 2.25. The van der Waals surface area contributed by atoms with Crippen molar-refractivity contribution in [3.05, 3.63) is 24.3 Å². The van der Waals surface area contributed by atoms with Crippen molar-refractivity contribution >= 4 is 17.6 Å². The topological polar surface area (TPSA) is 55.8 Å². The van der Waals surface area contributed by atoms with Crippen molar-refractivity contribution < 1.29 is 19.1 Å². The van der Waals surface area contributed by atoms with Crippen molar-refractivity contribution in [2.45, 2.75) is 26.8 Å². The van der Waals surface area contributed by atoms with E-state index in [9.17, 15) is 9.59 Å². The molecule has 1 heterocycles. The quantitative estimate of drug-likeness (QED) is 0.617. The summed E-state index contributed by atoms with van der Waals surface area (Å²) in [4.78, 5) is 26.0. The van der Waals surface area contributed by atoms with E-state index in [1.165, 1.54) is 4.90 Å². The summed E-state index contributed by atoms with van der Waals surface area (Å²) in [5.74, 6) is 0.118. The fourth-order valence-corrected chi connectivity index (χ4v) is 2.67. The van der Waals surface area contributed by atoms with Crippen molar-refractivity contribution in [2.75, 3.05) is 18.6 Å². The number of nitrogens with zero attached hydrogens (tertiary/aromatic N) is 1. The van der Waals surface area contributed by atoms with E-state index >= 15 is 0 Å². The minimum atomic E-state index is -0.536. The molecule has 1 amide bonds. The molecular formula is C16H21NO4. The number of hydrogen-bond donors (Lipinski definition) is 0. The van der Waals surface area contributed by atoms with Gasteiger partial charge in [-0.3, -0.25) is 9.69 Å². The maximum absolute atomic E-state index is 12.4. The standard InChI is InChI=1S/C16H21NO4/c1-5-21-16(19)14-13(10(2)3)15(18)17(14)11-6-8-12(20-4)9-7-11/h6-10,13-14H,5H2,1-4H3. The molecule has 114 valence electrons. The summed E-state index contributed by atoms with van der Waals surface area (Å²) in [6.07, 6.45) is 0. The molecule has 5 heteroatoms. The molecule has 0 spiro atoms. The second-order valence-electron chi connectivity index (χ2n) is 5.37. The number of hydrogen-bond acceptors (Lipinski definition) is 4. The van der Waals surface area contributed by atoms with Crippen molar-refractivity contribution in [3.63, 3.8) is 0 Å². The summed E-state index contributed by atoms with van der Waals surface area (Å²) in [6.45, 7) is 5.96. The summed E-state index contributed by atoms with van der Waals surface area (Å²) < 4.78 is 10.2. The Morgan fingerprint density at radius 3 is 2.38 bits per heavy atom. The smallest absolute Gasteiger partial charge is 0.330 e. The van der Waals surface area contributed by atoms with Crippen LogP contribution in [-0.2, 0) is 14.3 Å². The van der Waals surface area contributed by atoms with Crippen LogP contribution in [0.25, 0.3) is 0 Å². The maximum Gasteiger partial charge on any atom is 0.330 e. The number of rotatable bonds is 5. The minimum Gasteiger partial charge on any atom is -0.497 e. The predicted molar refractivity (Wildman–Crippen MR) is 79.2 cm³/mol. The molecule has 2 atom stereocenters. The van der Waals surface area contributed by atoms with Crippen LogP contribution < -0.4 is 9.64 Å². The molecule has 1 aliphatic rings. The Morgan fingerprint density at radius 2 is 1.90 bits per heavy atom. The molecule has 0 N–H and O–H groups in total. The van der Waals surface area contributed by atoms with Gasteiger partial charge in [-0.15, -0.1) is 0 Å². The first-order valence-corrected chi connectivity index (χ1v) is 7.15. The third kappa shape index (κ3) is 2.73. The first kappa shape index (κ1) is 15.4. The fourth-order valence-electron chi connectivity index (χ4n) is 2.67. The van der Waals surface area contributed by atoms with Crippen LogP contribution in [0.15, 0.2) is 24.3 Å². The lowest BCUT2D eigenvalue weighted by molar-refractivity contribution is -0.155. The van der Waals surface area contributed by atoms with Gasteiger partial charge in [0, 0.05) is 5.69 Å². The number of β-lactam (4-membered cyclic amide) rings is 1. The molecule has 0 aromatic heterocycles. The highest BCUT2D eigenvalue weighted by molar-refractivity contribution is 6.10. The Labute approximate surface area is 124 Å². The monoisotopic (exact) mass is 291 g/mol. The number of esters is 1. The van der Waals surface area contributed by atoms with Crippen molar-refractivity contribution in [2.24, 2.45) is 11.8 Å². The number of carbonyl (C=O) groups excluding carboxylic acids is 2. The molecule has 1 aromatic carbocycles. The van der Waals surface area contributed by atoms with Gasteiger partial charge in [0.1, 0.15) is 11.8 Å². The zero-order valence-corrected chi connectivity index (χ0v) is 12.8. The summed E-state index contributed by atoms with van der Waals surface area (Å²) in [5.41, 5.74) is 0.691. The number of ether oxygens (including phenoxy) is 2. The van der Waals surface area contributed by atoms with Gasteiger partial charge >= 0.3 is 5.97 Å². The third-order valence-corrected chi connectivity index (χ3v) is 3.74. The molecule has 2 rings (SSSR count). The van der Waals surface area contributed by atoms with E-state index in [0.717, 1.165) is 0 Å². The maximum atomic E-state index is 12.4. The fraction of sp³-hybridized carbons (Fsp3) is 0.500. The normalized spacial score (nSPS) is 21.2. The van der Waals surface area contributed by atoms with E-state index in [0.29, 0.717) is 18.0 Å². The van der Waals surface area contributed by atoms with Gasteiger partial charge in [-0.1, -0.05) is 13.8 Å². The number of anilines is 1. The van der Waals surface area contributed by atoms with Crippen LogP contribution in [0.4, 0.5) is 5.69 Å². The molecule has 2 unspecified atom stereocenters. The lowest BCUT2D eigenvalue weighted by atomic mass is 9.78. The summed E-state index contributed by atoms with van der Waals surface area (Å²) >= 11 is 0. The average Bonchev–Trinajstić information content (AvgIpc) is 2.45. The van der Waals surface area contributed by atoms with Crippen LogP contribution in [0.1, 0.15) is 20.8 Å².